The van der Waals surface area contributed by atoms with Gasteiger partial charge in [0.25, 0.3) is 0 Å². The number of hydrogen-bond donors (Lipinski definition) is 1. The first-order chi connectivity index (χ1) is 12.7. The Morgan fingerprint density at radius 2 is 1.92 bits per heavy atom. The number of benzene rings is 1. The molecule has 0 atom stereocenters. The monoisotopic (exact) mass is 353 g/mol. The van der Waals surface area contributed by atoms with Crippen molar-refractivity contribution in [3.05, 3.63) is 54.4 Å². The van der Waals surface area contributed by atoms with Gasteiger partial charge in [0.15, 0.2) is 22.8 Å². The number of aromatic nitrogens is 4. The Hall–Kier alpha value is -3.09. The van der Waals surface area contributed by atoms with Crippen LogP contribution in [0, 0.1) is 6.08 Å². The summed E-state index contributed by atoms with van der Waals surface area (Å²) in [7, 11) is 0. The number of hydrogen-bond acceptors (Lipinski definition) is 5. The number of nitrogens with one attached hydrogen (secondary N) is 1. The molecule has 0 spiro atoms. The summed E-state index contributed by atoms with van der Waals surface area (Å²) in [5, 5.41) is 3.10. The Bertz CT molecular complexity index is 949. The SMILES string of the molecule is CC.O=C1C=C(n2cnc3c(NCc4ccccc4)nc(F)nc32)CC1. The summed E-state index contributed by atoms with van der Waals surface area (Å²) in [6, 6.07) is 9.74. The van der Waals surface area contributed by atoms with Crippen LogP contribution in [0.5, 0.6) is 0 Å². The van der Waals surface area contributed by atoms with Crippen molar-refractivity contribution in [1.82, 2.24) is 19.5 Å². The second-order valence-electron chi connectivity index (χ2n) is 5.57. The summed E-state index contributed by atoms with van der Waals surface area (Å²) >= 11 is 0. The van der Waals surface area contributed by atoms with Crippen molar-refractivity contribution in [1.29, 1.82) is 0 Å². The summed E-state index contributed by atoms with van der Waals surface area (Å²) in [4.78, 5) is 23.4. The summed E-state index contributed by atoms with van der Waals surface area (Å²) in [5.74, 6) is 0.397. The first-order valence-electron chi connectivity index (χ1n) is 8.63. The molecule has 1 aliphatic carbocycles. The number of ketones is 1. The molecule has 1 N–H and O–H groups in total. The number of carbonyl (C=O) groups is 1. The molecule has 0 unspecified atom stereocenters. The third kappa shape index (κ3) is 3.61. The van der Waals surface area contributed by atoms with Crippen LogP contribution in [0.4, 0.5) is 10.2 Å². The van der Waals surface area contributed by atoms with E-state index < -0.39 is 6.08 Å². The molecule has 26 heavy (non-hydrogen) atoms. The number of carbonyl (C=O) groups excluding carboxylic acids is 1. The van der Waals surface area contributed by atoms with E-state index in [0.29, 0.717) is 36.4 Å². The highest BCUT2D eigenvalue weighted by molar-refractivity contribution is 5.99. The smallest absolute Gasteiger partial charge is 0.312 e. The van der Waals surface area contributed by atoms with Crippen molar-refractivity contribution in [2.24, 2.45) is 0 Å². The first kappa shape index (κ1) is 17.7. The average molecular weight is 353 g/mol. The summed E-state index contributed by atoms with van der Waals surface area (Å²) in [5.41, 5.74) is 2.66. The molecule has 0 amide bonds. The number of nitrogens with zero attached hydrogens (tertiary/aromatic N) is 4. The lowest BCUT2D eigenvalue weighted by Gasteiger charge is -2.07. The maximum absolute atomic E-state index is 13.9. The second kappa shape index (κ2) is 7.86. The molecule has 0 aliphatic heterocycles. The quantitative estimate of drug-likeness (QED) is 0.722. The Morgan fingerprint density at radius 3 is 2.62 bits per heavy atom. The van der Waals surface area contributed by atoms with E-state index in [4.69, 9.17) is 0 Å². The number of halogens is 1. The Morgan fingerprint density at radius 1 is 1.15 bits per heavy atom. The number of rotatable bonds is 4. The molecule has 7 heteroatoms. The molecular formula is C19H20FN5O. The molecular weight excluding hydrogens is 333 g/mol. The van der Waals surface area contributed by atoms with Crippen LogP contribution in [0.1, 0.15) is 32.3 Å². The Labute approximate surface area is 150 Å². The van der Waals surface area contributed by atoms with Gasteiger partial charge in [-0.15, -0.1) is 0 Å². The van der Waals surface area contributed by atoms with E-state index in [0.717, 1.165) is 11.3 Å². The fraction of sp³-hybridized carbons (Fsp3) is 0.263. The molecule has 0 fully saturated rings. The van der Waals surface area contributed by atoms with E-state index in [1.165, 1.54) is 0 Å². The van der Waals surface area contributed by atoms with Crippen LogP contribution in [-0.4, -0.2) is 25.3 Å². The lowest BCUT2D eigenvalue weighted by Crippen LogP contribution is -2.05. The van der Waals surface area contributed by atoms with Crippen molar-refractivity contribution in [2.75, 3.05) is 5.32 Å². The predicted molar refractivity (Wildman–Crippen MR) is 98.9 cm³/mol. The lowest BCUT2D eigenvalue weighted by atomic mass is 10.2. The van der Waals surface area contributed by atoms with Gasteiger partial charge in [-0.05, 0) is 12.0 Å². The van der Waals surface area contributed by atoms with Gasteiger partial charge in [0.2, 0.25) is 0 Å². The van der Waals surface area contributed by atoms with Crippen LogP contribution in [-0.2, 0) is 11.3 Å². The fourth-order valence-corrected chi connectivity index (χ4v) is 2.76. The highest BCUT2D eigenvalue weighted by atomic mass is 19.1. The second-order valence-corrected chi connectivity index (χ2v) is 5.57. The summed E-state index contributed by atoms with van der Waals surface area (Å²) < 4.78 is 15.5. The molecule has 0 saturated carbocycles. The standard InChI is InChI=1S/C17H14FN5O.C2H6/c18-17-21-15(19-9-11-4-2-1-3-5-11)14-16(22-17)23(10-20-14)12-6-7-13(24)8-12;1-2/h1-5,8,10H,6-7,9H2,(H,19,21,22);1-2H3. The van der Waals surface area contributed by atoms with Crippen LogP contribution in [0.15, 0.2) is 42.7 Å². The zero-order valence-corrected chi connectivity index (χ0v) is 14.7. The van der Waals surface area contributed by atoms with Gasteiger partial charge in [-0.1, -0.05) is 44.2 Å². The largest absolute Gasteiger partial charge is 0.364 e. The normalized spacial score (nSPS) is 13.3. The molecule has 0 saturated heterocycles. The number of allylic oxidation sites excluding steroid dienone is 2. The molecule has 4 rings (SSSR count). The number of imidazole rings is 1. The Balaban J connectivity index is 0.000000948. The summed E-state index contributed by atoms with van der Waals surface area (Å²) in [6.45, 7) is 4.50. The van der Waals surface area contributed by atoms with E-state index in [2.05, 4.69) is 20.3 Å². The fourth-order valence-electron chi connectivity index (χ4n) is 2.76. The van der Waals surface area contributed by atoms with E-state index in [-0.39, 0.29) is 5.78 Å². The number of anilines is 1. The van der Waals surface area contributed by atoms with Gasteiger partial charge >= 0.3 is 6.08 Å². The summed E-state index contributed by atoms with van der Waals surface area (Å²) in [6.07, 6.45) is 3.34. The number of fused-ring (bicyclic) bond motifs is 1. The van der Waals surface area contributed by atoms with Crippen molar-refractivity contribution in [2.45, 2.75) is 33.2 Å². The van der Waals surface area contributed by atoms with Gasteiger partial charge < -0.3 is 5.32 Å². The predicted octanol–water partition coefficient (Wildman–Crippen LogP) is 3.81. The topological polar surface area (TPSA) is 72.7 Å². The minimum Gasteiger partial charge on any atom is -0.364 e. The van der Waals surface area contributed by atoms with E-state index in [9.17, 15) is 9.18 Å². The van der Waals surface area contributed by atoms with E-state index >= 15 is 0 Å². The zero-order valence-electron chi connectivity index (χ0n) is 14.7. The third-order valence-electron chi connectivity index (χ3n) is 3.94. The van der Waals surface area contributed by atoms with Crippen LogP contribution >= 0.6 is 0 Å². The van der Waals surface area contributed by atoms with Crippen molar-refractivity contribution in [3.63, 3.8) is 0 Å². The molecule has 1 aliphatic rings. The maximum atomic E-state index is 13.9. The molecule has 0 radical (unpaired) electrons. The van der Waals surface area contributed by atoms with Gasteiger partial charge in [0.05, 0.1) is 0 Å². The zero-order chi connectivity index (χ0) is 18.5. The van der Waals surface area contributed by atoms with E-state index in [1.807, 2.05) is 44.2 Å². The van der Waals surface area contributed by atoms with Gasteiger partial charge in [-0.2, -0.15) is 14.4 Å². The Kier molecular flexibility index (Phi) is 5.36. The van der Waals surface area contributed by atoms with Gasteiger partial charge in [0.1, 0.15) is 6.33 Å². The van der Waals surface area contributed by atoms with Gasteiger partial charge in [0, 0.05) is 24.7 Å². The van der Waals surface area contributed by atoms with Gasteiger partial charge in [-0.25, -0.2) is 4.98 Å². The van der Waals surface area contributed by atoms with Crippen LogP contribution in [0.2, 0.25) is 0 Å². The average Bonchev–Trinajstić information content (AvgIpc) is 3.28. The minimum atomic E-state index is -0.829. The van der Waals surface area contributed by atoms with Crippen molar-refractivity contribution in [3.8, 4) is 0 Å². The molecule has 2 heterocycles. The highest BCUT2D eigenvalue weighted by Crippen LogP contribution is 2.26. The van der Waals surface area contributed by atoms with Crippen molar-refractivity contribution >= 4 is 28.5 Å². The first-order valence-corrected chi connectivity index (χ1v) is 8.63. The molecule has 6 nitrogen and oxygen atoms in total. The lowest BCUT2D eigenvalue weighted by molar-refractivity contribution is -0.114. The van der Waals surface area contributed by atoms with Crippen LogP contribution < -0.4 is 5.32 Å². The van der Waals surface area contributed by atoms with Crippen LogP contribution in [0.3, 0.4) is 0 Å². The molecule has 3 aromatic rings. The van der Waals surface area contributed by atoms with E-state index in [1.54, 1.807) is 17.0 Å². The molecule has 1 aromatic carbocycles. The minimum absolute atomic E-state index is 0.0591. The third-order valence-corrected chi connectivity index (χ3v) is 3.94. The maximum Gasteiger partial charge on any atom is 0.312 e. The molecule has 134 valence electrons. The van der Waals surface area contributed by atoms with Crippen molar-refractivity contribution < 1.29 is 9.18 Å². The molecule has 2 aromatic heterocycles. The highest BCUT2D eigenvalue weighted by Gasteiger charge is 2.19. The van der Waals surface area contributed by atoms with Gasteiger partial charge in [-0.3, -0.25) is 9.36 Å². The van der Waals surface area contributed by atoms with Crippen LogP contribution in [0.25, 0.3) is 16.9 Å². The molecule has 0 bridgehead atoms.